The molecule has 2 heterocycles. The summed E-state index contributed by atoms with van der Waals surface area (Å²) < 4.78 is 0. The molecule has 0 radical (unpaired) electrons. The molecule has 3 rings (SSSR count). The van der Waals surface area contributed by atoms with Crippen LogP contribution < -0.4 is 5.06 Å². The molecule has 0 saturated heterocycles. The molecule has 1 amide bonds. The zero-order chi connectivity index (χ0) is 20.8. The summed E-state index contributed by atoms with van der Waals surface area (Å²) in [5.41, 5.74) is 1.03. The van der Waals surface area contributed by atoms with Crippen LogP contribution in [0.4, 0.5) is 11.5 Å². The van der Waals surface area contributed by atoms with E-state index >= 15 is 0 Å². The molecule has 1 unspecified atom stereocenters. The molecule has 29 heavy (non-hydrogen) atoms. The predicted octanol–water partition coefficient (Wildman–Crippen LogP) is 4.46. The zero-order valence-corrected chi connectivity index (χ0v) is 16.5. The van der Waals surface area contributed by atoms with Crippen LogP contribution in [-0.4, -0.2) is 27.4 Å². The van der Waals surface area contributed by atoms with E-state index in [1.54, 1.807) is 36.0 Å². The fourth-order valence-corrected chi connectivity index (χ4v) is 3.60. The van der Waals surface area contributed by atoms with Gasteiger partial charge in [0.05, 0.1) is 15.5 Å². The van der Waals surface area contributed by atoms with Gasteiger partial charge in [-0.25, -0.2) is 4.98 Å². The topological polar surface area (TPSA) is 98.5 Å². The monoisotopic (exact) mass is 430 g/mol. The van der Waals surface area contributed by atoms with Crippen molar-refractivity contribution >= 4 is 40.9 Å². The maximum absolute atomic E-state index is 11.6. The van der Waals surface area contributed by atoms with Gasteiger partial charge in [0, 0.05) is 35.8 Å². The molecule has 0 N–H and O–H groups in total. The first-order valence-corrected chi connectivity index (χ1v) is 9.60. The van der Waals surface area contributed by atoms with E-state index in [0.717, 1.165) is 10.6 Å². The van der Waals surface area contributed by atoms with Crippen LogP contribution in [0.25, 0.3) is 10.6 Å². The highest BCUT2D eigenvalue weighted by atomic mass is 35.5. The number of nitro groups is 1. The maximum Gasteiger partial charge on any atom is 0.274 e. The van der Waals surface area contributed by atoms with Crippen LogP contribution in [0.15, 0.2) is 60.8 Å². The van der Waals surface area contributed by atoms with Gasteiger partial charge in [0.1, 0.15) is 11.1 Å². The van der Waals surface area contributed by atoms with E-state index in [2.05, 4.69) is 16.5 Å². The summed E-state index contributed by atoms with van der Waals surface area (Å²) in [6.45, 7) is 3.69. The van der Waals surface area contributed by atoms with Crippen LogP contribution in [0.2, 0.25) is 5.02 Å². The van der Waals surface area contributed by atoms with E-state index in [9.17, 15) is 14.9 Å². The summed E-state index contributed by atoms with van der Waals surface area (Å²) >= 11 is 7.48. The van der Waals surface area contributed by atoms with E-state index in [4.69, 9.17) is 16.4 Å². The molecule has 3 aromatic rings. The second-order valence-corrected chi connectivity index (χ2v) is 7.02. The molecular formula is C19H15ClN4O4S. The largest absolute Gasteiger partial charge is 0.276 e. The van der Waals surface area contributed by atoms with Gasteiger partial charge in [0.2, 0.25) is 6.41 Å². The number of carbonyl (C=O) groups excluding carboxylic acids is 1. The summed E-state index contributed by atoms with van der Waals surface area (Å²) in [5, 5.41) is 14.8. The standard InChI is InChI=1S/C19H15ClN4O4S/c1-2-14(10-15-16(20)4-3-5-17(15)24(26)27)28-23(12-25)18-11-29-19(22-18)13-6-8-21-9-7-13/h2-9,11-12,14H,1,10H2. The molecule has 0 saturated carbocycles. The van der Waals surface area contributed by atoms with Crippen molar-refractivity contribution in [3.05, 3.63) is 81.5 Å². The van der Waals surface area contributed by atoms with Gasteiger partial charge < -0.3 is 0 Å². The molecule has 0 aliphatic carbocycles. The third-order valence-corrected chi connectivity index (χ3v) is 5.18. The number of hydroxylamine groups is 1. The minimum atomic E-state index is -0.745. The first-order chi connectivity index (χ1) is 14.0. The highest BCUT2D eigenvalue weighted by Gasteiger charge is 2.23. The lowest BCUT2D eigenvalue weighted by atomic mass is 10.1. The minimum Gasteiger partial charge on any atom is -0.276 e. The predicted molar refractivity (Wildman–Crippen MR) is 111 cm³/mol. The van der Waals surface area contributed by atoms with Crippen molar-refractivity contribution in [3.8, 4) is 10.6 Å². The number of nitro benzene ring substituents is 1. The van der Waals surface area contributed by atoms with Gasteiger partial charge in [-0.15, -0.1) is 17.9 Å². The highest BCUT2D eigenvalue weighted by Crippen LogP contribution is 2.30. The quantitative estimate of drug-likeness (QED) is 0.215. The number of hydrogen-bond donors (Lipinski definition) is 0. The number of thiazole rings is 1. The lowest BCUT2D eigenvalue weighted by molar-refractivity contribution is -0.385. The summed E-state index contributed by atoms with van der Waals surface area (Å²) in [6.07, 6.45) is 4.53. The number of carbonyl (C=O) groups is 1. The molecule has 1 aromatic carbocycles. The number of rotatable bonds is 9. The Hall–Kier alpha value is -3.14. The minimum absolute atomic E-state index is 0.0607. The molecule has 0 spiro atoms. The number of pyridine rings is 1. The van der Waals surface area contributed by atoms with Crippen LogP contribution in [0.1, 0.15) is 5.56 Å². The summed E-state index contributed by atoms with van der Waals surface area (Å²) in [5.74, 6) is 0.289. The fraction of sp³-hybridized carbons (Fsp3) is 0.105. The van der Waals surface area contributed by atoms with Crippen molar-refractivity contribution in [2.45, 2.75) is 12.5 Å². The molecule has 0 aliphatic rings. The van der Waals surface area contributed by atoms with Crippen molar-refractivity contribution in [1.29, 1.82) is 0 Å². The highest BCUT2D eigenvalue weighted by molar-refractivity contribution is 7.13. The third kappa shape index (κ3) is 4.83. The lowest BCUT2D eigenvalue weighted by Gasteiger charge is -2.20. The van der Waals surface area contributed by atoms with Crippen molar-refractivity contribution in [2.75, 3.05) is 5.06 Å². The Kier molecular flexibility index (Phi) is 6.65. The number of nitrogens with zero attached hydrogens (tertiary/aromatic N) is 4. The molecule has 10 heteroatoms. The number of benzene rings is 1. The Morgan fingerprint density at radius 2 is 2.10 bits per heavy atom. The van der Waals surface area contributed by atoms with Crippen LogP contribution in [-0.2, 0) is 16.1 Å². The first kappa shape index (κ1) is 20.6. The van der Waals surface area contributed by atoms with Crippen LogP contribution >= 0.6 is 22.9 Å². The van der Waals surface area contributed by atoms with Crippen LogP contribution in [0, 0.1) is 10.1 Å². The van der Waals surface area contributed by atoms with Crippen LogP contribution in [0.5, 0.6) is 0 Å². The second-order valence-electron chi connectivity index (χ2n) is 5.76. The fourth-order valence-electron chi connectivity index (χ4n) is 2.56. The third-order valence-electron chi connectivity index (χ3n) is 3.95. The number of hydrogen-bond acceptors (Lipinski definition) is 7. The van der Waals surface area contributed by atoms with Crippen LogP contribution in [0.3, 0.4) is 0 Å². The lowest BCUT2D eigenvalue weighted by Crippen LogP contribution is -2.29. The van der Waals surface area contributed by atoms with Gasteiger partial charge in [-0.3, -0.25) is 24.7 Å². The van der Waals surface area contributed by atoms with Gasteiger partial charge in [0.25, 0.3) is 5.69 Å². The summed E-state index contributed by atoms with van der Waals surface area (Å²) in [4.78, 5) is 36.4. The number of amides is 1. The number of halogens is 1. The Morgan fingerprint density at radius 3 is 2.76 bits per heavy atom. The Labute approximate surface area is 175 Å². The van der Waals surface area contributed by atoms with E-state index in [1.807, 2.05) is 0 Å². The van der Waals surface area contributed by atoms with E-state index in [0.29, 0.717) is 17.0 Å². The Morgan fingerprint density at radius 1 is 1.34 bits per heavy atom. The van der Waals surface area contributed by atoms with E-state index in [-0.39, 0.29) is 22.9 Å². The van der Waals surface area contributed by atoms with Gasteiger partial charge in [-0.2, -0.15) is 5.06 Å². The van der Waals surface area contributed by atoms with Gasteiger partial charge in [-0.1, -0.05) is 23.7 Å². The molecule has 1 atom stereocenters. The maximum atomic E-state index is 11.6. The molecule has 0 fully saturated rings. The molecule has 2 aromatic heterocycles. The van der Waals surface area contributed by atoms with Crippen molar-refractivity contribution in [1.82, 2.24) is 9.97 Å². The molecular weight excluding hydrogens is 416 g/mol. The Bertz CT molecular complexity index is 1030. The molecule has 0 aliphatic heterocycles. The zero-order valence-electron chi connectivity index (χ0n) is 15.0. The van der Waals surface area contributed by atoms with E-state index < -0.39 is 11.0 Å². The normalized spacial score (nSPS) is 11.6. The van der Waals surface area contributed by atoms with Crippen molar-refractivity contribution in [3.63, 3.8) is 0 Å². The molecule has 8 nitrogen and oxygen atoms in total. The average Bonchev–Trinajstić information content (AvgIpc) is 3.22. The van der Waals surface area contributed by atoms with Crippen molar-refractivity contribution in [2.24, 2.45) is 0 Å². The SMILES string of the molecule is C=CC(Cc1c(Cl)cccc1[N+](=O)[O-])ON(C=O)c1csc(-c2ccncc2)n1. The Balaban J connectivity index is 1.80. The van der Waals surface area contributed by atoms with Crippen molar-refractivity contribution < 1.29 is 14.6 Å². The van der Waals surface area contributed by atoms with Gasteiger partial charge in [-0.05, 0) is 18.2 Å². The number of aromatic nitrogens is 2. The number of anilines is 1. The van der Waals surface area contributed by atoms with E-state index in [1.165, 1.54) is 29.5 Å². The summed E-state index contributed by atoms with van der Waals surface area (Å²) in [6, 6.07) is 8.03. The average molecular weight is 431 g/mol. The molecule has 148 valence electrons. The molecule has 0 bridgehead atoms. The second kappa shape index (κ2) is 9.37. The van der Waals surface area contributed by atoms with Gasteiger partial charge >= 0.3 is 0 Å². The first-order valence-electron chi connectivity index (χ1n) is 8.35. The van der Waals surface area contributed by atoms with Gasteiger partial charge in [0.15, 0.2) is 5.82 Å². The smallest absolute Gasteiger partial charge is 0.274 e. The summed E-state index contributed by atoms with van der Waals surface area (Å²) in [7, 11) is 0.